The highest BCUT2D eigenvalue weighted by Crippen LogP contribution is 2.32. The van der Waals surface area contributed by atoms with Gasteiger partial charge in [-0.25, -0.2) is 9.97 Å². The number of hydrogen-bond donors (Lipinski definition) is 1. The van der Waals surface area contributed by atoms with Crippen LogP contribution in [0.25, 0.3) is 0 Å². The van der Waals surface area contributed by atoms with Crippen molar-refractivity contribution in [1.82, 2.24) is 19.9 Å². The molecule has 7 nitrogen and oxygen atoms in total. The van der Waals surface area contributed by atoms with E-state index in [1.165, 1.54) is 19.2 Å². The van der Waals surface area contributed by atoms with Crippen molar-refractivity contribution in [2.75, 3.05) is 7.11 Å². The van der Waals surface area contributed by atoms with Gasteiger partial charge in [0.2, 0.25) is 0 Å². The lowest BCUT2D eigenvalue weighted by Gasteiger charge is -2.10. The minimum absolute atomic E-state index is 0.107. The molecule has 0 aliphatic carbocycles. The van der Waals surface area contributed by atoms with Crippen molar-refractivity contribution in [3.05, 3.63) is 106 Å². The molecule has 0 amide bonds. The molecule has 2 aromatic heterocycles. The third-order valence-electron chi connectivity index (χ3n) is 5.15. The second kappa shape index (κ2) is 10.4. The van der Waals surface area contributed by atoms with Crippen LogP contribution in [0.3, 0.4) is 0 Å². The lowest BCUT2D eigenvalue weighted by atomic mass is 10.1. The van der Waals surface area contributed by atoms with Gasteiger partial charge in [0.05, 0.1) is 12.7 Å². The summed E-state index contributed by atoms with van der Waals surface area (Å²) in [5.74, 6) is 1.08. The van der Waals surface area contributed by atoms with E-state index in [1.807, 2.05) is 12.1 Å². The van der Waals surface area contributed by atoms with Crippen molar-refractivity contribution >= 4 is 0 Å². The Labute approximate surface area is 198 Å². The first kappa shape index (κ1) is 23.9. The molecule has 1 N–H and O–H groups in total. The number of ether oxygens (including phenoxy) is 2. The van der Waals surface area contributed by atoms with Crippen LogP contribution in [0.5, 0.6) is 17.5 Å². The van der Waals surface area contributed by atoms with Crippen molar-refractivity contribution in [2.24, 2.45) is 0 Å². The maximum atomic E-state index is 12.9. The summed E-state index contributed by atoms with van der Waals surface area (Å²) in [6, 6.07) is 12.0. The number of nitrogens with one attached hydrogen (secondary N) is 1. The molecule has 0 saturated heterocycles. The lowest BCUT2D eigenvalue weighted by Crippen LogP contribution is -2.17. The van der Waals surface area contributed by atoms with Crippen molar-refractivity contribution in [3.63, 3.8) is 0 Å². The molecule has 0 radical (unpaired) electrons. The van der Waals surface area contributed by atoms with E-state index in [4.69, 9.17) is 9.47 Å². The van der Waals surface area contributed by atoms with E-state index in [0.29, 0.717) is 36.4 Å². The molecule has 0 saturated carbocycles. The molecule has 4 aromatic rings. The number of rotatable bonds is 8. The van der Waals surface area contributed by atoms with Crippen LogP contribution in [0, 0.1) is 0 Å². The highest BCUT2D eigenvalue weighted by Gasteiger charge is 2.30. The van der Waals surface area contributed by atoms with Crippen LogP contribution < -0.4 is 15.0 Å². The number of alkyl halides is 3. The van der Waals surface area contributed by atoms with Gasteiger partial charge in [0, 0.05) is 37.0 Å². The molecule has 0 bridgehead atoms. The first-order valence-corrected chi connectivity index (χ1v) is 10.7. The maximum absolute atomic E-state index is 12.9. The van der Waals surface area contributed by atoms with E-state index >= 15 is 0 Å². The third-order valence-corrected chi connectivity index (χ3v) is 5.15. The van der Waals surface area contributed by atoms with Crippen LogP contribution in [0.4, 0.5) is 13.2 Å². The van der Waals surface area contributed by atoms with Crippen LogP contribution >= 0.6 is 0 Å². The SMILES string of the molecule is COc1ncc(Cc2c[nH]c(CCc3ccc(Oc4cccc(C(F)(F)F)c4)cc3)nc2=O)cn1. The maximum Gasteiger partial charge on any atom is 0.416 e. The number of nitrogens with zero attached hydrogens (tertiary/aromatic N) is 3. The topological polar surface area (TPSA) is 90.0 Å². The Balaban J connectivity index is 1.34. The van der Waals surface area contributed by atoms with Gasteiger partial charge >= 0.3 is 12.2 Å². The first-order valence-electron chi connectivity index (χ1n) is 10.7. The quantitative estimate of drug-likeness (QED) is 0.390. The molecule has 0 unspecified atom stereocenters. The summed E-state index contributed by atoms with van der Waals surface area (Å²) in [4.78, 5) is 27.6. The molecule has 0 aliphatic rings. The summed E-state index contributed by atoms with van der Waals surface area (Å²) in [6.45, 7) is 0. The average Bonchev–Trinajstić information content (AvgIpc) is 2.85. The molecule has 2 aromatic carbocycles. The summed E-state index contributed by atoms with van der Waals surface area (Å²) in [5.41, 5.74) is 1.14. The Morgan fingerprint density at radius 1 is 0.943 bits per heavy atom. The van der Waals surface area contributed by atoms with Gasteiger partial charge in [0.1, 0.15) is 17.3 Å². The van der Waals surface area contributed by atoms with Gasteiger partial charge in [0.15, 0.2) is 0 Å². The van der Waals surface area contributed by atoms with Gasteiger partial charge in [-0.2, -0.15) is 18.2 Å². The van der Waals surface area contributed by atoms with Gasteiger partial charge < -0.3 is 14.5 Å². The van der Waals surface area contributed by atoms with Crippen LogP contribution in [0.15, 0.2) is 71.9 Å². The fraction of sp³-hybridized carbons (Fsp3) is 0.200. The van der Waals surface area contributed by atoms with Crippen LogP contribution in [0.2, 0.25) is 0 Å². The zero-order valence-corrected chi connectivity index (χ0v) is 18.7. The minimum Gasteiger partial charge on any atom is -0.467 e. The normalized spacial score (nSPS) is 11.3. The first-order chi connectivity index (χ1) is 16.8. The monoisotopic (exact) mass is 482 g/mol. The standard InChI is InChI=1S/C25H21F3N4O3/c1-34-24-30-13-17(14-31-24)11-18-15-29-22(32-23(18)33)10-7-16-5-8-20(9-6-16)35-21-4-2-3-19(12-21)25(26,27)28/h2-6,8-9,12-15H,7,10-11H2,1H3,(H,29,32,33). The minimum atomic E-state index is -4.43. The molecule has 2 heterocycles. The third kappa shape index (κ3) is 6.44. The number of aromatic nitrogens is 4. The molecule has 0 atom stereocenters. The van der Waals surface area contributed by atoms with Gasteiger partial charge in [0.25, 0.3) is 5.56 Å². The zero-order valence-electron chi connectivity index (χ0n) is 18.7. The van der Waals surface area contributed by atoms with E-state index in [1.54, 1.807) is 30.7 Å². The number of methoxy groups -OCH3 is 1. The van der Waals surface area contributed by atoms with E-state index in [2.05, 4.69) is 19.9 Å². The Morgan fingerprint density at radius 3 is 2.34 bits per heavy atom. The number of aryl methyl sites for hydroxylation is 2. The fourth-order valence-electron chi connectivity index (χ4n) is 3.33. The number of hydrogen-bond acceptors (Lipinski definition) is 6. The van der Waals surface area contributed by atoms with Gasteiger partial charge in [-0.05, 0) is 47.9 Å². The molecule has 0 fully saturated rings. The summed E-state index contributed by atoms with van der Waals surface area (Å²) in [7, 11) is 1.48. The molecule has 180 valence electrons. The number of H-pyrrole nitrogens is 1. The molecular formula is C25H21F3N4O3. The number of halogens is 3. The second-order valence-corrected chi connectivity index (χ2v) is 7.70. The van der Waals surface area contributed by atoms with E-state index < -0.39 is 11.7 Å². The summed E-state index contributed by atoms with van der Waals surface area (Å²) >= 11 is 0. The predicted octanol–water partition coefficient (Wildman–Crippen LogP) is 4.76. The van der Waals surface area contributed by atoms with Crippen LogP contribution in [-0.4, -0.2) is 27.0 Å². The van der Waals surface area contributed by atoms with Crippen molar-refractivity contribution < 1.29 is 22.6 Å². The van der Waals surface area contributed by atoms with E-state index in [-0.39, 0.29) is 17.3 Å². The van der Waals surface area contributed by atoms with Crippen LogP contribution in [-0.2, 0) is 25.4 Å². The molecule has 10 heteroatoms. The van der Waals surface area contributed by atoms with Gasteiger partial charge in [-0.1, -0.05) is 18.2 Å². The Bertz CT molecular complexity index is 1340. The zero-order chi connectivity index (χ0) is 24.8. The van der Waals surface area contributed by atoms with Gasteiger partial charge in [-0.3, -0.25) is 4.79 Å². The molecule has 0 aliphatic heterocycles. The van der Waals surface area contributed by atoms with Gasteiger partial charge in [-0.15, -0.1) is 0 Å². The molecule has 4 rings (SSSR count). The van der Waals surface area contributed by atoms with Crippen molar-refractivity contribution in [3.8, 4) is 17.5 Å². The van der Waals surface area contributed by atoms with E-state index in [9.17, 15) is 18.0 Å². The Kier molecular flexibility index (Phi) is 7.09. The smallest absolute Gasteiger partial charge is 0.416 e. The summed E-state index contributed by atoms with van der Waals surface area (Å²) < 4.78 is 49.1. The van der Waals surface area contributed by atoms with Crippen molar-refractivity contribution in [2.45, 2.75) is 25.4 Å². The predicted molar refractivity (Wildman–Crippen MR) is 122 cm³/mol. The molecule has 0 spiro atoms. The highest BCUT2D eigenvalue weighted by atomic mass is 19.4. The average molecular weight is 482 g/mol. The molecular weight excluding hydrogens is 461 g/mol. The number of benzene rings is 2. The molecule has 35 heavy (non-hydrogen) atoms. The second-order valence-electron chi connectivity index (χ2n) is 7.70. The Morgan fingerprint density at radius 2 is 1.69 bits per heavy atom. The summed E-state index contributed by atoms with van der Waals surface area (Å²) in [5, 5.41) is 0. The largest absolute Gasteiger partial charge is 0.467 e. The summed E-state index contributed by atoms with van der Waals surface area (Å²) in [6.07, 6.45) is 1.87. The fourth-order valence-corrected chi connectivity index (χ4v) is 3.33. The van der Waals surface area contributed by atoms with E-state index in [0.717, 1.165) is 23.3 Å². The number of aromatic amines is 1. The van der Waals surface area contributed by atoms with Crippen LogP contribution in [0.1, 0.15) is 28.1 Å². The van der Waals surface area contributed by atoms with Crippen molar-refractivity contribution in [1.29, 1.82) is 0 Å². The Hall–Kier alpha value is -4.21. The highest BCUT2D eigenvalue weighted by molar-refractivity contribution is 5.36. The lowest BCUT2D eigenvalue weighted by molar-refractivity contribution is -0.137.